The van der Waals surface area contributed by atoms with E-state index in [-0.39, 0.29) is 4.90 Å². The lowest BCUT2D eigenvalue weighted by Crippen LogP contribution is -2.40. The summed E-state index contributed by atoms with van der Waals surface area (Å²) in [6.07, 6.45) is 0. The van der Waals surface area contributed by atoms with Crippen molar-refractivity contribution in [1.29, 1.82) is 0 Å². The number of carbonyl (C=O) groups excluding carboxylic acids is 1. The van der Waals surface area contributed by atoms with Crippen LogP contribution in [0.25, 0.3) is 10.2 Å². The third-order valence-electron chi connectivity index (χ3n) is 4.71. The Morgan fingerprint density at radius 1 is 1.03 bits per heavy atom. The van der Waals surface area contributed by atoms with Gasteiger partial charge in [0.25, 0.3) is 0 Å². The number of aromatic nitrogens is 1. The number of fused-ring (bicyclic) bond motifs is 1. The van der Waals surface area contributed by atoms with Gasteiger partial charge in [-0.25, -0.2) is 13.4 Å². The van der Waals surface area contributed by atoms with Gasteiger partial charge in [0.1, 0.15) is 5.75 Å². The fourth-order valence-corrected chi connectivity index (χ4v) is 5.17. The number of sulfone groups is 1. The second-order valence-corrected chi connectivity index (χ2v) is 10.3. The molecule has 0 spiro atoms. The monoisotopic (exact) mass is 431 g/mol. The second-order valence-electron chi connectivity index (χ2n) is 7.32. The molecule has 29 heavy (non-hydrogen) atoms. The maximum Gasteiger partial charge on any atom is 0.244 e. The van der Waals surface area contributed by atoms with Crippen molar-refractivity contribution in [3.05, 3.63) is 53.6 Å². The van der Waals surface area contributed by atoms with Crippen LogP contribution in [-0.4, -0.2) is 57.1 Å². The van der Waals surface area contributed by atoms with Gasteiger partial charge in [0.15, 0.2) is 15.0 Å². The third kappa shape index (κ3) is 5.01. The molecule has 0 N–H and O–H groups in total. The molecule has 0 fully saturated rings. The molecule has 0 bridgehead atoms. The van der Waals surface area contributed by atoms with Crippen molar-refractivity contribution in [3.63, 3.8) is 0 Å². The van der Waals surface area contributed by atoms with E-state index in [1.165, 1.54) is 28.4 Å². The van der Waals surface area contributed by atoms with Gasteiger partial charge in [-0.1, -0.05) is 29.5 Å². The van der Waals surface area contributed by atoms with Gasteiger partial charge in [-0.3, -0.25) is 9.69 Å². The zero-order chi connectivity index (χ0) is 21.2. The molecule has 8 heteroatoms. The van der Waals surface area contributed by atoms with Crippen LogP contribution >= 0.6 is 11.3 Å². The van der Waals surface area contributed by atoms with E-state index in [1.807, 2.05) is 38.9 Å². The van der Waals surface area contributed by atoms with Crippen LogP contribution in [0.4, 0.5) is 5.13 Å². The van der Waals surface area contributed by atoms with Crippen LogP contribution in [0.1, 0.15) is 11.1 Å². The summed E-state index contributed by atoms with van der Waals surface area (Å²) in [5, 5.41) is 0.528. The number of nitrogens with zero attached hydrogens (tertiary/aromatic N) is 3. The highest BCUT2D eigenvalue weighted by atomic mass is 32.2. The number of rotatable bonds is 7. The molecule has 3 aromatic rings. The zero-order valence-corrected chi connectivity index (χ0v) is 18.7. The van der Waals surface area contributed by atoms with Gasteiger partial charge >= 0.3 is 0 Å². The molecule has 2 aromatic carbocycles. The molecule has 0 aliphatic heterocycles. The minimum absolute atomic E-state index is 0.149. The Kier molecular flexibility index (Phi) is 6.36. The van der Waals surface area contributed by atoms with Crippen molar-refractivity contribution in [3.8, 4) is 0 Å². The molecule has 0 radical (unpaired) electrons. The SMILES string of the molecule is Cc1cc2nc(N(CCN(C)C)C(=O)CS(=O)(=O)c3ccccc3)sc2cc1C. The van der Waals surface area contributed by atoms with Crippen molar-refractivity contribution >= 4 is 42.4 Å². The molecule has 154 valence electrons. The van der Waals surface area contributed by atoms with Crippen LogP contribution in [0.5, 0.6) is 0 Å². The van der Waals surface area contributed by atoms with Crippen molar-refractivity contribution in [2.24, 2.45) is 0 Å². The first-order valence-electron chi connectivity index (χ1n) is 9.28. The summed E-state index contributed by atoms with van der Waals surface area (Å²) < 4.78 is 26.4. The summed E-state index contributed by atoms with van der Waals surface area (Å²) in [7, 11) is 0.0997. The number of aryl methyl sites for hydroxylation is 2. The number of thiazole rings is 1. The van der Waals surface area contributed by atoms with Crippen LogP contribution in [0.3, 0.4) is 0 Å². The molecular weight excluding hydrogens is 406 g/mol. The van der Waals surface area contributed by atoms with Gasteiger partial charge in [-0.15, -0.1) is 0 Å². The molecule has 1 heterocycles. The third-order valence-corrected chi connectivity index (χ3v) is 7.37. The Morgan fingerprint density at radius 3 is 2.34 bits per heavy atom. The average Bonchev–Trinajstić information content (AvgIpc) is 3.04. The zero-order valence-electron chi connectivity index (χ0n) is 17.0. The number of amides is 1. The number of hydrogen-bond acceptors (Lipinski definition) is 6. The van der Waals surface area contributed by atoms with E-state index in [9.17, 15) is 13.2 Å². The number of likely N-dealkylation sites (N-methyl/N-ethyl adjacent to an activating group) is 1. The second kappa shape index (κ2) is 8.61. The normalized spacial score (nSPS) is 11.9. The largest absolute Gasteiger partial charge is 0.308 e. The van der Waals surface area contributed by atoms with E-state index in [0.29, 0.717) is 18.2 Å². The van der Waals surface area contributed by atoms with E-state index >= 15 is 0 Å². The quantitative estimate of drug-likeness (QED) is 0.574. The van der Waals surface area contributed by atoms with Crippen LogP contribution in [0, 0.1) is 13.8 Å². The lowest BCUT2D eigenvalue weighted by molar-refractivity contribution is -0.116. The van der Waals surface area contributed by atoms with E-state index in [4.69, 9.17) is 0 Å². The minimum Gasteiger partial charge on any atom is -0.308 e. The highest BCUT2D eigenvalue weighted by molar-refractivity contribution is 7.92. The number of benzene rings is 2. The highest BCUT2D eigenvalue weighted by Crippen LogP contribution is 2.31. The first-order valence-corrected chi connectivity index (χ1v) is 11.7. The first kappa shape index (κ1) is 21.4. The molecule has 3 rings (SSSR count). The molecule has 0 unspecified atom stereocenters. The summed E-state index contributed by atoms with van der Waals surface area (Å²) in [5.41, 5.74) is 3.11. The highest BCUT2D eigenvalue weighted by Gasteiger charge is 2.26. The van der Waals surface area contributed by atoms with Crippen molar-refractivity contribution in [1.82, 2.24) is 9.88 Å². The standard InChI is InChI=1S/C21H25N3O3S2/c1-15-12-18-19(13-16(15)2)28-21(22-18)24(11-10-23(3)4)20(25)14-29(26,27)17-8-6-5-7-9-17/h5-9,12-13H,10-11,14H2,1-4H3. The molecule has 0 atom stereocenters. The number of anilines is 1. The maximum atomic E-state index is 13.1. The number of carbonyl (C=O) groups is 1. The lowest BCUT2D eigenvalue weighted by atomic mass is 10.1. The minimum atomic E-state index is -3.72. The molecule has 6 nitrogen and oxygen atoms in total. The Labute approximate surface area is 175 Å². The Bertz CT molecular complexity index is 1080. The lowest BCUT2D eigenvalue weighted by Gasteiger charge is -2.22. The van der Waals surface area contributed by atoms with E-state index in [1.54, 1.807) is 18.2 Å². The van der Waals surface area contributed by atoms with Gasteiger partial charge in [-0.05, 0) is 63.3 Å². The van der Waals surface area contributed by atoms with Gasteiger partial charge in [0.05, 0.1) is 15.1 Å². The summed E-state index contributed by atoms with van der Waals surface area (Å²) in [6, 6.07) is 12.1. The van der Waals surface area contributed by atoms with Crippen LogP contribution in [0.2, 0.25) is 0 Å². The first-order chi connectivity index (χ1) is 13.7. The molecular formula is C21H25N3O3S2. The van der Waals surface area contributed by atoms with Crippen molar-refractivity contribution in [2.75, 3.05) is 37.8 Å². The molecule has 1 aromatic heterocycles. The van der Waals surface area contributed by atoms with Gasteiger partial charge in [0, 0.05) is 13.1 Å². The summed E-state index contributed by atoms with van der Waals surface area (Å²) >= 11 is 1.41. The Morgan fingerprint density at radius 2 is 1.69 bits per heavy atom. The summed E-state index contributed by atoms with van der Waals surface area (Å²) in [5.74, 6) is -1.05. The smallest absolute Gasteiger partial charge is 0.244 e. The van der Waals surface area contributed by atoms with Crippen LogP contribution in [0.15, 0.2) is 47.4 Å². The molecule has 1 amide bonds. The molecule has 0 aliphatic rings. The van der Waals surface area contributed by atoms with Crippen molar-refractivity contribution in [2.45, 2.75) is 18.7 Å². The van der Waals surface area contributed by atoms with Crippen molar-refractivity contribution < 1.29 is 13.2 Å². The van der Waals surface area contributed by atoms with E-state index < -0.39 is 21.5 Å². The Hall–Kier alpha value is -2.29. The summed E-state index contributed by atoms with van der Waals surface area (Å²) in [6.45, 7) is 5.03. The molecule has 0 saturated heterocycles. The van der Waals surface area contributed by atoms with Gasteiger partial charge in [-0.2, -0.15) is 0 Å². The van der Waals surface area contributed by atoms with Crippen LogP contribution in [-0.2, 0) is 14.6 Å². The predicted molar refractivity (Wildman–Crippen MR) is 118 cm³/mol. The molecule has 0 aliphatic carbocycles. The van der Waals surface area contributed by atoms with Gasteiger partial charge < -0.3 is 4.90 Å². The van der Waals surface area contributed by atoms with E-state index in [2.05, 4.69) is 11.1 Å². The number of hydrogen-bond donors (Lipinski definition) is 0. The van der Waals surface area contributed by atoms with Crippen LogP contribution < -0.4 is 4.90 Å². The fourth-order valence-electron chi connectivity index (χ4n) is 2.86. The predicted octanol–water partition coefficient (Wildman–Crippen LogP) is 3.28. The molecule has 0 saturated carbocycles. The average molecular weight is 432 g/mol. The summed E-state index contributed by atoms with van der Waals surface area (Å²) in [4.78, 5) is 21.3. The van der Waals surface area contributed by atoms with E-state index in [0.717, 1.165) is 21.3 Å². The Balaban J connectivity index is 1.93. The fraction of sp³-hybridized carbons (Fsp3) is 0.333. The van der Waals surface area contributed by atoms with Gasteiger partial charge in [0.2, 0.25) is 5.91 Å². The topological polar surface area (TPSA) is 70.6 Å². The maximum absolute atomic E-state index is 13.1.